The summed E-state index contributed by atoms with van der Waals surface area (Å²) in [4.78, 5) is 19.2. The van der Waals surface area contributed by atoms with E-state index in [2.05, 4.69) is 29.1 Å². The van der Waals surface area contributed by atoms with E-state index < -0.39 is 5.97 Å². The topological polar surface area (TPSA) is 75.1 Å². The summed E-state index contributed by atoms with van der Waals surface area (Å²) < 4.78 is 0. The van der Waals surface area contributed by atoms with E-state index in [1.165, 1.54) is 0 Å². The molecule has 0 saturated carbocycles. The van der Waals surface area contributed by atoms with Crippen molar-refractivity contribution in [3.05, 3.63) is 30.1 Å². The molecule has 5 nitrogen and oxygen atoms in total. The number of aromatic carboxylic acids is 1. The van der Waals surface area contributed by atoms with Crippen molar-refractivity contribution in [2.75, 3.05) is 11.9 Å². The van der Waals surface area contributed by atoms with Crippen LogP contribution in [0.2, 0.25) is 0 Å². The van der Waals surface area contributed by atoms with Crippen LogP contribution in [-0.2, 0) is 0 Å². The van der Waals surface area contributed by atoms with Gasteiger partial charge in [-0.15, -0.1) is 0 Å². The quantitative estimate of drug-likeness (QED) is 0.791. The molecule has 2 rings (SSSR count). The zero-order chi connectivity index (χ0) is 14.5. The van der Waals surface area contributed by atoms with Gasteiger partial charge in [0.2, 0.25) is 5.82 Å². The van der Waals surface area contributed by atoms with Gasteiger partial charge in [-0.05, 0) is 30.9 Å². The van der Waals surface area contributed by atoms with Crippen LogP contribution in [0.5, 0.6) is 0 Å². The summed E-state index contributed by atoms with van der Waals surface area (Å²) in [5.41, 5.74) is 0.645. The summed E-state index contributed by atoms with van der Waals surface area (Å²) >= 11 is 0. The maximum atomic E-state index is 11.1. The number of rotatable bonds is 6. The standard InChI is InChI=1S/C15H19N3O2/c1-10(2)6-5-9-16-13-11-7-3-4-8-12(11)17-14(18-13)15(19)20/h3-4,7-8,10H,5-6,9H2,1-2H3,(H,19,20)(H,16,17,18). The summed E-state index contributed by atoms with van der Waals surface area (Å²) in [6.07, 6.45) is 2.15. The van der Waals surface area contributed by atoms with E-state index in [4.69, 9.17) is 5.11 Å². The Hall–Kier alpha value is -2.17. The van der Waals surface area contributed by atoms with Crippen LogP contribution in [0.25, 0.3) is 10.9 Å². The lowest BCUT2D eigenvalue weighted by Crippen LogP contribution is -2.10. The molecule has 5 heteroatoms. The largest absolute Gasteiger partial charge is 0.475 e. The van der Waals surface area contributed by atoms with E-state index in [9.17, 15) is 4.79 Å². The normalized spacial score (nSPS) is 10.9. The third kappa shape index (κ3) is 3.44. The van der Waals surface area contributed by atoms with Gasteiger partial charge >= 0.3 is 5.97 Å². The number of hydrogen-bond donors (Lipinski definition) is 2. The smallest absolute Gasteiger partial charge is 0.374 e. The van der Waals surface area contributed by atoms with Crippen LogP contribution in [0.15, 0.2) is 24.3 Å². The van der Waals surface area contributed by atoms with Gasteiger partial charge in [0.15, 0.2) is 0 Å². The highest BCUT2D eigenvalue weighted by Gasteiger charge is 2.12. The van der Waals surface area contributed by atoms with E-state index in [1.54, 1.807) is 6.07 Å². The van der Waals surface area contributed by atoms with Gasteiger partial charge in [-0.3, -0.25) is 0 Å². The first-order valence-electron chi connectivity index (χ1n) is 6.82. The number of nitrogens with zero attached hydrogens (tertiary/aromatic N) is 2. The van der Waals surface area contributed by atoms with Crippen molar-refractivity contribution >= 4 is 22.7 Å². The third-order valence-electron chi connectivity index (χ3n) is 3.05. The molecular formula is C15H19N3O2. The number of nitrogens with one attached hydrogen (secondary N) is 1. The number of aromatic nitrogens is 2. The fourth-order valence-corrected chi connectivity index (χ4v) is 2.02. The summed E-state index contributed by atoms with van der Waals surface area (Å²) in [5, 5.41) is 13.1. The first kappa shape index (κ1) is 14.2. The summed E-state index contributed by atoms with van der Waals surface area (Å²) in [6.45, 7) is 5.14. The third-order valence-corrected chi connectivity index (χ3v) is 3.05. The molecule has 0 atom stereocenters. The number of hydrogen-bond acceptors (Lipinski definition) is 4. The molecule has 0 aliphatic rings. The number of fused-ring (bicyclic) bond motifs is 1. The SMILES string of the molecule is CC(C)CCCNc1nc(C(=O)O)nc2ccccc12. The molecule has 0 radical (unpaired) electrons. The Morgan fingerprint density at radius 1 is 1.30 bits per heavy atom. The van der Waals surface area contributed by atoms with Crippen LogP contribution >= 0.6 is 0 Å². The number of benzene rings is 1. The van der Waals surface area contributed by atoms with Crippen LogP contribution < -0.4 is 5.32 Å². The number of anilines is 1. The second kappa shape index (κ2) is 6.32. The van der Waals surface area contributed by atoms with Crippen molar-refractivity contribution in [2.45, 2.75) is 26.7 Å². The van der Waals surface area contributed by atoms with Gasteiger partial charge in [0.1, 0.15) is 5.82 Å². The van der Waals surface area contributed by atoms with E-state index in [-0.39, 0.29) is 5.82 Å². The summed E-state index contributed by atoms with van der Waals surface area (Å²) in [7, 11) is 0. The minimum Gasteiger partial charge on any atom is -0.475 e. The minimum absolute atomic E-state index is 0.171. The molecule has 1 aromatic carbocycles. The van der Waals surface area contributed by atoms with Gasteiger partial charge in [0.05, 0.1) is 5.52 Å². The highest BCUT2D eigenvalue weighted by molar-refractivity contribution is 5.93. The molecule has 0 aliphatic heterocycles. The van der Waals surface area contributed by atoms with Crippen LogP contribution in [0.3, 0.4) is 0 Å². The highest BCUT2D eigenvalue weighted by Crippen LogP contribution is 2.20. The van der Waals surface area contributed by atoms with Crippen LogP contribution in [-0.4, -0.2) is 27.6 Å². The molecule has 0 unspecified atom stereocenters. The molecule has 0 amide bonds. The number of para-hydroxylation sites is 1. The first-order chi connectivity index (χ1) is 9.58. The van der Waals surface area contributed by atoms with E-state index >= 15 is 0 Å². The average molecular weight is 273 g/mol. The molecule has 0 aliphatic carbocycles. The lowest BCUT2D eigenvalue weighted by Gasteiger charge is -2.10. The zero-order valence-electron chi connectivity index (χ0n) is 11.8. The maximum absolute atomic E-state index is 11.1. The molecule has 1 heterocycles. The Kier molecular flexibility index (Phi) is 4.50. The van der Waals surface area contributed by atoms with Crippen molar-refractivity contribution in [1.29, 1.82) is 0 Å². The van der Waals surface area contributed by atoms with Crippen molar-refractivity contribution in [3.63, 3.8) is 0 Å². The van der Waals surface area contributed by atoms with Gasteiger partial charge in [0, 0.05) is 11.9 Å². The minimum atomic E-state index is -1.11. The molecule has 20 heavy (non-hydrogen) atoms. The van der Waals surface area contributed by atoms with Gasteiger partial charge in [0.25, 0.3) is 0 Å². The Bertz CT molecular complexity index is 611. The lowest BCUT2D eigenvalue weighted by molar-refractivity contribution is 0.0684. The second-order valence-corrected chi connectivity index (χ2v) is 5.18. The van der Waals surface area contributed by atoms with Crippen LogP contribution in [0, 0.1) is 5.92 Å². The van der Waals surface area contributed by atoms with Crippen LogP contribution in [0.4, 0.5) is 5.82 Å². The molecule has 0 saturated heterocycles. The fourth-order valence-electron chi connectivity index (χ4n) is 2.02. The maximum Gasteiger partial charge on any atom is 0.374 e. The number of carboxylic acids is 1. The molecule has 106 valence electrons. The molecule has 2 N–H and O–H groups in total. The molecule has 0 spiro atoms. The van der Waals surface area contributed by atoms with Crippen molar-refractivity contribution < 1.29 is 9.90 Å². The Morgan fingerprint density at radius 2 is 2.05 bits per heavy atom. The predicted octanol–water partition coefficient (Wildman–Crippen LogP) is 3.18. The second-order valence-electron chi connectivity index (χ2n) is 5.18. The highest BCUT2D eigenvalue weighted by atomic mass is 16.4. The monoisotopic (exact) mass is 273 g/mol. The molecule has 2 aromatic rings. The summed E-state index contributed by atoms with van der Waals surface area (Å²) in [6, 6.07) is 7.42. The fraction of sp³-hybridized carbons (Fsp3) is 0.400. The van der Waals surface area contributed by atoms with Gasteiger partial charge < -0.3 is 10.4 Å². The molecule has 1 aromatic heterocycles. The zero-order valence-corrected chi connectivity index (χ0v) is 11.8. The van der Waals surface area contributed by atoms with Gasteiger partial charge in [-0.1, -0.05) is 26.0 Å². The molecular weight excluding hydrogens is 254 g/mol. The molecule has 0 fully saturated rings. The summed E-state index contributed by atoms with van der Waals surface area (Å²) in [5.74, 6) is -0.0266. The Morgan fingerprint density at radius 3 is 2.75 bits per heavy atom. The number of carbonyl (C=O) groups is 1. The Balaban J connectivity index is 2.23. The average Bonchev–Trinajstić information content (AvgIpc) is 2.42. The molecule has 0 bridgehead atoms. The van der Waals surface area contributed by atoms with Crippen molar-refractivity contribution in [2.24, 2.45) is 5.92 Å². The predicted molar refractivity (Wildman–Crippen MR) is 79.1 cm³/mol. The lowest BCUT2D eigenvalue weighted by atomic mass is 10.1. The van der Waals surface area contributed by atoms with Gasteiger partial charge in [-0.2, -0.15) is 0 Å². The van der Waals surface area contributed by atoms with E-state index in [0.29, 0.717) is 17.3 Å². The Labute approximate surface area is 118 Å². The van der Waals surface area contributed by atoms with Crippen molar-refractivity contribution in [1.82, 2.24) is 9.97 Å². The van der Waals surface area contributed by atoms with Crippen molar-refractivity contribution in [3.8, 4) is 0 Å². The van der Waals surface area contributed by atoms with E-state index in [0.717, 1.165) is 24.8 Å². The van der Waals surface area contributed by atoms with E-state index in [1.807, 2.05) is 18.2 Å². The van der Waals surface area contributed by atoms with Crippen LogP contribution in [0.1, 0.15) is 37.3 Å². The first-order valence-corrected chi connectivity index (χ1v) is 6.82. The van der Waals surface area contributed by atoms with Gasteiger partial charge in [-0.25, -0.2) is 14.8 Å². The number of carboxylic acid groups (broad SMARTS) is 1.